The summed E-state index contributed by atoms with van der Waals surface area (Å²) in [4.78, 5) is 16.8. The predicted octanol–water partition coefficient (Wildman–Crippen LogP) is 3.22. The minimum atomic E-state index is -0.0504. The van der Waals surface area contributed by atoms with Gasteiger partial charge in [-0.05, 0) is 43.4 Å². The summed E-state index contributed by atoms with van der Waals surface area (Å²) in [6.45, 7) is 8.49. The number of ether oxygens (including phenoxy) is 1. The van der Waals surface area contributed by atoms with Crippen molar-refractivity contribution < 1.29 is 9.53 Å². The average molecular weight is 352 g/mol. The first-order chi connectivity index (χ1) is 11.6. The second kappa shape index (κ2) is 8.19. The molecule has 2 aliphatic heterocycles. The molecule has 2 saturated heterocycles. The standard InChI is InChI=1S/C18H26ClN3O2/c1-14-2-3-17(16(19)12-14)20-18(23)22-6-4-15(5-7-22)13-21-8-10-24-11-9-21/h2-3,12,15H,4-11,13H2,1H3,(H,20,23). The van der Waals surface area contributed by atoms with Crippen LogP contribution < -0.4 is 5.32 Å². The monoisotopic (exact) mass is 351 g/mol. The van der Waals surface area contributed by atoms with Gasteiger partial charge in [-0.3, -0.25) is 4.90 Å². The van der Waals surface area contributed by atoms with E-state index in [4.69, 9.17) is 16.3 Å². The third kappa shape index (κ3) is 4.62. The molecule has 24 heavy (non-hydrogen) atoms. The lowest BCUT2D eigenvalue weighted by Crippen LogP contribution is -2.45. The Labute approximate surface area is 148 Å². The molecule has 132 valence electrons. The number of nitrogens with zero attached hydrogens (tertiary/aromatic N) is 2. The SMILES string of the molecule is Cc1ccc(NC(=O)N2CCC(CN3CCOCC3)CC2)c(Cl)c1. The van der Waals surface area contributed by atoms with Crippen LogP contribution in [0.25, 0.3) is 0 Å². The van der Waals surface area contributed by atoms with Crippen molar-refractivity contribution in [2.45, 2.75) is 19.8 Å². The molecule has 1 aromatic rings. The van der Waals surface area contributed by atoms with Gasteiger partial charge in [0.2, 0.25) is 0 Å². The number of urea groups is 1. The van der Waals surface area contributed by atoms with Crippen molar-refractivity contribution in [3.8, 4) is 0 Å². The van der Waals surface area contributed by atoms with E-state index in [2.05, 4.69) is 10.2 Å². The highest BCUT2D eigenvalue weighted by Crippen LogP contribution is 2.24. The number of piperidine rings is 1. The molecule has 1 aromatic carbocycles. The first-order valence-electron chi connectivity index (χ1n) is 8.74. The van der Waals surface area contributed by atoms with Crippen molar-refractivity contribution in [2.24, 2.45) is 5.92 Å². The summed E-state index contributed by atoms with van der Waals surface area (Å²) in [5.41, 5.74) is 1.77. The van der Waals surface area contributed by atoms with Crippen LogP contribution in [0.3, 0.4) is 0 Å². The maximum atomic E-state index is 12.4. The first-order valence-corrected chi connectivity index (χ1v) is 9.12. The van der Waals surface area contributed by atoms with E-state index in [-0.39, 0.29) is 6.03 Å². The summed E-state index contributed by atoms with van der Waals surface area (Å²) in [5.74, 6) is 0.676. The maximum absolute atomic E-state index is 12.4. The number of hydrogen-bond acceptors (Lipinski definition) is 3. The lowest BCUT2D eigenvalue weighted by atomic mass is 9.96. The quantitative estimate of drug-likeness (QED) is 0.909. The van der Waals surface area contributed by atoms with E-state index in [0.717, 1.165) is 64.3 Å². The number of carbonyl (C=O) groups is 1. The van der Waals surface area contributed by atoms with Gasteiger partial charge in [-0.15, -0.1) is 0 Å². The predicted molar refractivity (Wildman–Crippen MR) is 96.8 cm³/mol. The molecule has 0 saturated carbocycles. The fraction of sp³-hybridized carbons (Fsp3) is 0.611. The van der Waals surface area contributed by atoms with Crippen molar-refractivity contribution in [1.82, 2.24) is 9.80 Å². The number of nitrogens with one attached hydrogen (secondary N) is 1. The zero-order chi connectivity index (χ0) is 16.9. The van der Waals surface area contributed by atoms with Gasteiger partial charge in [0.05, 0.1) is 23.9 Å². The molecule has 2 fully saturated rings. The van der Waals surface area contributed by atoms with Crippen molar-refractivity contribution in [1.29, 1.82) is 0 Å². The lowest BCUT2D eigenvalue weighted by molar-refractivity contribution is 0.0260. The van der Waals surface area contributed by atoms with Crippen LogP contribution in [0, 0.1) is 12.8 Å². The molecule has 0 spiro atoms. The molecule has 2 aliphatic rings. The summed E-state index contributed by atoms with van der Waals surface area (Å²) < 4.78 is 5.40. The van der Waals surface area contributed by atoms with Gasteiger partial charge in [-0.25, -0.2) is 4.79 Å². The number of anilines is 1. The number of hydrogen-bond donors (Lipinski definition) is 1. The van der Waals surface area contributed by atoms with Crippen LogP contribution >= 0.6 is 11.6 Å². The van der Waals surface area contributed by atoms with Gasteiger partial charge in [0.15, 0.2) is 0 Å². The van der Waals surface area contributed by atoms with Crippen molar-refractivity contribution in [3.05, 3.63) is 28.8 Å². The van der Waals surface area contributed by atoms with Gasteiger partial charge in [-0.2, -0.15) is 0 Å². The minimum Gasteiger partial charge on any atom is -0.379 e. The number of aryl methyl sites for hydroxylation is 1. The molecule has 0 aromatic heterocycles. The van der Waals surface area contributed by atoms with E-state index in [1.54, 1.807) is 0 Å². The molecule has 0 bridgehead atoms. The molecule has 0 aliphatic carbocycles. The Hall–Kier alpha value is -1.30. The zero-order valence-electron chi connectivity index (χ0n) is 14.3. The summed E-state index contributed by atoms with van der Waals surface area (Å²) in [6, 6.07) is 5.63. The summed E-state index contributed by atoms with van der Waals surface area (Å²) >= 11 is 6.20. The van der Waals surface area contributed by atoms with Gasteiger partial charge in [0, 0.05) is 32.7 Å². The maximum Gasteiger partial charge on any atom is 0.321 e. The van der Waals surface area contributed by atoms with Crippen molar-refractivity contribution in [2.75, 3.05) is 51.3 Å². The third-order valence-electron chi connectivity index (χ3n) is 4.89. The molecule has 2 amide bonds. The summed E-state index contributed by atoms with van der Waals surface area (Å²) in [6.07, 6.45) is 2.12. The van der Waals surface area contributed by atoms with Crippen LogP contribution in [0.5, 0.6) is 0 Å². The number of morpholine rings is 1. The van der Waals surface area contributed by atoms with E-state index >= 15 is 0 Å². The summed E-state index contributed by atoms with van der Waals surface area (Å²) in [7, 11) is 0. The number of amides is 2. The average Bonchev–Trinajstić information content (AvgIpc) is 2.59. The molecular weight excluding hydrogens is 326 g/mol. The van der Waals surface area contributed by atoms with Gasteiger partial charge < -0.3 is 15.0 Å². The molecule has 1 N–H and O–H groups in total. The highest BCUT2D eigenvalue weighted by atomic mass is 35.5. The first kappa shape index (κ1) is 17.5. The van der Waals surface area contributed by atoms with Gasteiger partial charge in [0.25, 0.3) is 0 Å². The van der Waals surface area contributed by atoms with Crippen molar-refractivity contribution in [3.63, 3.8) is 0 Å². The van der Waals surface area contributed by atoms with Crippen LogP contribution in [-0.4, -0.2) is 61.8 Å². The second-order valence-electron chi connectivity index (χ2n) is 6.76. The van der Waals surface area contributed by atoms with E-state index < -0.39 is 0 Å². The Morgan fingerprint density at radius 3 is 2.62 bits per heavy atom. The van der Waals surface area contributed by atoms with E-state index in [1.807, 2.05) is 30.0 Å². The molecule has 0 radical (unpaired) electrons. The van der Waals surface area contributed by atoms with Crippen LogP contribution in [0.15, 0.2) is 18.2 Å². The molecule has 6 heteroatoms. The largest absolute Gasteiger partial charge is 0.379 e. The zero-order valence-corrected chi connectivity index (χ0v) is 15.0. The molecule has 0 unspecified atom stereocenters. The van der Waals surface area contributed by atoms with E-state index in [9.17, 15) is 4.79 Å². The number of halogens is 1. The molecule has 0 atom stereocenters. The molecular formula is C18H26ClN3O2. The Bertz CT molecular complexity index is 567. The minimum absolute atomic E-state index is 0.0504. The van der Waals surface area contributed by atoms with E-state index in [0.29, 0.717) is 16.6 Å². The number of benzene rings is 1. The number of likely N-dealkylation sites (tertiary alicyclic amines) is 1. The second-order valence-corrected chi connectivity index (χ2v) is 7.16. The molecule has 2 heterocycles. The number of carbonyl (C=O) groups excluding carboxylic acids is 1. The third-order valence-corrected chi connectivity index (χ3v) is 5.20. The van der Waals surface area contributed by atoms with Gasteiger partial charge in [0.1, 0.15) is 0 Å². The highest BCUT2D eigenvalue weighted by molar-refractivity contribution is 6.33. The van der Waals surface area contributed by atoms with E-state index in [1.165, 1.54) is 0 Å². The van der Waals surface area contributed by atoms with Gasteiger partial charge in [-0.1, -0.05) is 17.7 Å². The number of rotatable bonds is 3. The highest BCUT2D eigenvalue weighted by Gasteiger charge is 2.25. The molecule has 3 rings (SSSR count). The van der Waals surface area contributed by atoms with Crippen LogP contribution in [0.1, 0.15) is 18.4 Å². The van der Waals surface area contributed by atoms with Crippen molar-refractivity contribution >= 4 is 23.3 Å². The summed E-state index contributed by atoms with van der Waals surface area (Å²) in [5, 5.41) is 3.52. The topological polar surface area (TPSA) is 44.8 Å². The Balaban J connectivity index is 1.46. The Morgan fingerprint density at radius 1 is 1.25 bits per heavy atom. The van der Waals surface area contributed by atoms with Gasteiger partial charge >= 0.3 is 6.03 Å². The normalized spacial score (nSPS) is 20.2. The fourth-order valence-electron chi connectivity index (χ4n) is 3.38. The Kier molecular flexibility index (Phi) is 5.98. The molecule has 5 nitrogen and oxygen atoms in total. The van der Waals surface area contributed by atoms with Crippen LogP contribution in [-0.2, 0) is 4.74 Å². The lowest BCUT2D eigenvalue weighted by Gasteiger charge is -2.36. The smallest absolute Gasteiger partial charge is 0.321 e. The van der Waals surface area contributed by atoms with Crippen LogP contribution in [0.2, 0.25) is 5.02 Å². The Morgan fingerprint density at radius 2 is 1.96 bits per heavy atom. The fourth-order valence-corrected chi connectivity index (χ4v) is 3.67. The van der Waals surface area contributed by atoms with Crippen LogP contribution in [0.4, 0.5) is 10.5 Å².